The average Bonchev–Trinajstić information content (AvgIpc) is 2.46. The summed E-state index contributed by atoms with van der Waals surface area (Å²) in [5.41, 5.74) is -0.172. The lowest BCUT2D eigenvalue weighted by Crippen LogP contribution is -2.37. The second-order valence-electron chi connectivity index (χ2n) is 4.67. The Morgan fingerprint density at radius 3 is 2.73 bits per heavy atom. The van der Waals surface area contributed by atoms with Gasteiger partial charge in [-0.05, 0) is 12.1 Å². The monoisotopic (exact) mass is 306 g/mol. The molecule has 2 N–H and O–H groups in total. The zero-order chi connectivity index (χ0) is 16.1. The Morgan fingerprint density at radius 1 is 1.27 bits per heavy atom. The zero-order valence-corrected chi connectivity index (χ0v) is 11.9. The van der Waals surface area contributed by atoms with Crippen molar-refractivity contribution < 1.29 is 14.0 Å². The fourth-order valence-electron chi connectivity index (χ4n) is 1.90. The van der Waals surface area contributed by atoms with Gasteiger partial charge in [0.05, 0.1) is 17.2 Å². The van der Waals surface area contributed by atoms with Gasteiger partial charge in [-0.1, -0.05) is 0 Å². The molecule has 2 aromatic rings. The van der Waals surface area contributed by atoms with Gasteiger partial charge >= 0.3 is 0 Å². The van der Waals surface area contributed by atoms with Crippen molar-refractivity contribution in [3.05, 3.63) is 40.7 Å². The predicted molar refractivity (Wildman–Crippen MR) is 77.7 cm³/mol. The summed E-state index contributed by atoms with van der Waals surface area (Å²) in [6.07, 6.45) is 1.21. The molecule has 0 bridgehead atoms. The number of halogens is 1. The molecule has 0 unspecified atom stereocenters. The normalized spacial score (nSPS) is 10.5. The topological polar surface area (TPSA) is 93.1 Å². The Kier molecular flexibility index (Phi) is 4.82. The second-order valence-corrected chi connectivity index (χ2v) is 4.67. The molecule has 8 heteroatoms. The molecule has 2 rings (SSSR count). The van der Waals surface area contributed by atoms with Gasteiger partial charge in [-0.3, -0.25) is 19.0 Å². The number of benzene rings is 1. The molecule has 0 aliphatic carbocycles. The number of rotatable bonds is 5. The summed E-state index contributed by atoms with van der Waals surface area (Å²) < 4.78 is 14.2. The van der Waals surface area contributed by atoms with Crippen LogP contribution in [0.15, 0.2) is 29.3 Å². The van der Waals surface area contributed by atoms with Crippen molar-refractivity contribution in [3.8, 4) is 0 Å². The third-order valence-electron chi connectivity index (χ3n) is 2.92. The van der Waals surface area contributed by atoms with Gasteiger partial charge in [0.2, 0.25) is 11.8 Å². The van der Waals surface area contributed by atoms with Crippen molar-refractivity contribution in [2.24, 2.45) is 0 Å². The van der Waals surface area contributed by atoms with E-state index in [9.17, 15) is 18.8 Å². The summed E-state index contributed by atoms with van der Waals surface area (Å²) in [5, 5.41) is 5.35. The van der Waals surface area contributed by atoms with E-state index in [1.165, 1.54) is 25.4 Å². The van der Waals surface area contributed by atoms with Crippen LogP contribution < -0.4 is 16.2 Å². The number of carbonyl (C=O) groups excluding carboxylic acids is 2. The van der Waals surface area contributed by atoms with Gasteiger partial charge < -0.3 is 10.6 Å². The van der Waals surface area contributed by atoms with Crippen LogP contribution in [0.3, 0.4) is 0 Å². The third-order valence-corrected chi connectivity index (χ3v) is 2.92. The predicted octanol–water partition coefficient (Wildman–Crippen LogP) is -0.212. The van der Waals surface area contributed by atoms with Crippen LogP contribution in [-0.4, -0.2) is 34.5 Å². The molecule has 116 valence electrons. The molecule has 0 aliphatic heterocycles. The first kappa shape index (κ1) is 15.6. The van der Waals surface area contributed by atoms with E-state index in [1.807, 2.05) is 0 Å². The molecule has 0 saturated heterocycles. The molecule has 1 heterocycles. The summed E-state index contributed by atoms with van der Waals surface area (Å²) in [4.78, 5) is 38.5. The first-order chi connectivity index (χ1) is 10.5. The molecular weight excluding hydrogens is 291 g/mol. The quantitative estimate of drug-likeness (QED) is 0.747. The first-order valence-electron chi connectivity index (χ1n) is 6.63. The standard InChI is InChI=1S/C14H15FN4O3/c1-9(20)16-4-5-17-13(21)7-19-8-18-12-6-10(15)2-3-11(12)14(19)22/h2-3,6,8H,4-5,7H2,1H3,(H,16,20)(H,17,21). The Hall–Kier alpha value is -2.77. The number of hydrogen-bond donors (Lipinski definition) is 2. The minimum atomic E-state index is -0.479. The highest BCUT2D eigenvalue weighted by Gasteiger charge is 2.08. The minimum absolute atomic E-state index is 0.184. The molecule has 1 aromatic carbocycles. The molecule has 0 fully saturated rings. The molecular formula is C14H15FN4O3. The van der Waals surface area contributed by atoms with Crippen LogP contribution in [-0.2, 0) is 16.1 Å². The molecule has 0 aliphatic rings. The van der Waals surface area contributed by atoms with Crippen LogP contribution in [0.1, 0.15) is 6.92 Å². The molecule has 7 nitrogen and oxygen atoms in total. The van der Waals surface area contributed by atoms with Gasteiger partial charge in [-0.15, -0.1) is 0 Å². The Bertz CT molecular complexity index is 772. The summed E-state index contributed by atoms with van der Waals surface area (Å²) in [6, 6.07) is 3.67. The van der Waals surface area contributed by atoms with E-state index >= 15 is 0 Å². The Labute approximate surface area is 125 Å². The highest BCUT2D eigenvalue weighted by atomic mass is 19.1. The highest BCUT2D eigenvalue weighted by Crippen LogP contribution is 2.08. The number of fused-ring (bicyclic) bond motifs is 1. The van der Waals surface area contributed by atoms with Crippen LogP contribution in [0.2, 0.25) is 0 Å². The van der Waals surface area contributed by atoms with E-state index < -0.39 is 11.4 Å². The maximum absolute atomic E-state index is 13.1. The summed E-state index contributed by atoms with van der Waals surface area (Å²) in [5.74, 6) is -1.04. The van der Waals surface area contributed by atoms with Crippen molar-refractivity contribution in [2.75, 3.05) is 13.1 Å². The van der Waals surface area contributed by atoms with Gasteiger partial charge in [-0.25, -0.2) is 9.37 Å². The van der Waals surface area contributed by atoms with E-state index in [2.05, 4.69) is 15.6 Å². The van der Waals surface area contributed by atoms with E-state index in [0.717, 1.165) is 10.6 Å². The van der Waals surface area contributed by atoms with Gasteiger partial charge in [0, 0.05) is 26.1 Å². The molecule has 2 amide bonds. The third kappa shape index (κ3) is 3.87. The Morgan fingerprint density at radius 2 is 2.00 bits per heavy atom. The maximum Gasteiger partial charge on any atom is 0.261 e. The van der Waals surface area contributed by atoms with Crippen molar-refractivity contribution in [1.29, 1.82) is 0 Å². The molecule has 0 spiro atoms. The Balaban J connectivity index is 2.04. The van der Waals surface area contributed by atoms with Crippen LogP contribution in [0.25, 0.3) is 10.9 Å². The highest BCUT2D eigenvalue weighted by molar-refractivity contribution is 5.79. The number of nitrogens with zero attached hydrogens (tertiary/aromatic N) is 2. The number of hydrogen-bond acceptors (Lipinski definition) is 4. The van der Waals surface area contributed by atoms with Crippen LogP contribution in [0, 0.1) is 5.82 Å². The van der Waals surface area contributed by atoms with E-state index in [1.54, 1.807) is 0 Å². The molecule has 1 aromatic heterocycles. The van der Waals surface area contributed by atoms with Gasteiger partial charge in [-0.2, -0.15) is 0 Å². The summed E-state index contributed by atoms with van der Waals surface area (Å²) in [6.45, 7) is 1.76. The number of nitrogens with one attached hydrogen (secondary N) is 2. The maximum atomic E-state index is 13.1. The van der Waals surface area contributed by atoms with Crippen LogP contribution in [0.4, 0.5) is 4.39 Å². The van der Waals surface area contributed by atoms with Crippen molar-refractivity contribution >= 4 is 22.7 Å². The number of aromatic nitrogens is 2. The fourth-order valence-corrected chi connectivity index (χ4v) is 1.90. The zero-order valence-electron chi connectivity index (χ0n) is 11.9. The molecule has 0 saturated carbocycles. The first-order valence-corrected chi connectivity index (χ1v) is 6.63. The molecule has 22 heavy (non-hydrogen) atoms. The lowest BCUT2D eigenvalue weighted by Gasteiger charge is -2.08. The van der Waals surface area contributed by atoms with Gasteiger partial charge in [0.1, 0.15) is 12.4 Å². The van der Waals surface area contributed by atoms with Crippen molar-refractivity contribution in [3.63, 3.8) is 0 Å². The molecule has 0 atom stereocenters. The van der Waals surface area contributed by atoms with Crippen LogP contribution in [0.5, 0.6) is 0 Å². The summed E-state index contributed by atoms with van der Waals surface area (Å²) >= 11 is 0. The van der Waals surface area contributed by atoms with E-state index in [-0.39, 0.29) is 35.8 Å². The van der Waals surface area contributed by atoms with Gasteiger partial charge in [0.25, 0.3) is 5.56 Å². The number of carbonyl (C=O) groups is 2. The average molecular weight is 306 g/mol. The van der Waals surface area contributed by atoms with E-state index in [0.29, 0.717) is 6.54 Å². The molecule has 0 radical (unpaired) electrons. The van der Waals surface area contributed by atoms with Crippen molar-refractivity contribution in [1.82, 2.24) is 20.2 Å². The smallest absolute Gasteiger partial charge is 0.261 e. The second kappa shape index (κ2) is 6.79. The fraction of sp³-hybridized carbons (Fsp3) is 0.286. The summed E-state index contributed by atoms with van der Waals surface area (Å²) in [7, 11) is 0. The minimum Gasteiger partial charge on any atom is -0.355 e. The lowest BCUT2D eigenvalue weighted by atomic mass is 10.2. The lowest BCUT2D eigenvalue weighted by molar-refractivity contribution is -0.122. The van der Waals surface area contributed by atoms with Crippen molar-refractivity contribution in [2.45, 2.75) is 13.5 Å². The number of amides is 2. The SMILES string of the molecule is CC(=O)NCCNC(=O)Cn1cnc2cc(F)ccc2c1=O. The van der Waals surface area contributed by atoms with Crippen LogP contribution >= 0.6 is 0 Å². The van der Waals surface area contributed by atoms with Gasteiger partial charge in [0.15, 0.2) is 0 Å². The van der Waals surface area contributed by atoms with E-state index in [4.69, 9.17) is 0 Å². The largest absolute Gasteiger partial charge is 0.355 e.